The monoisotopic (exact) mass is 197 g/mol. The average molecular weight is 197 g/mol. The number of hydrogen-bond donors (Lipinski definition) is 2. The van der Waals surface area contributed by atoms with E-state index in [4.69, 9.17) is 14.8 Å². The Morgan fingerprint density at radius 2 is 2.29 bits per heavy atom. The number of hydrogen-bond acceptors (Lipinski definition) is 4. The molecule has 0 radical (unpaired) electrons. The van der Waals surface area contributed by atoms with E-state index in [1.807, 2.05) is 0 Å². The minimum Gasteiger partial charge on any atom is -0.423 e. The molecule has 14 heavy (non-hydrogen) atoms. The molecular weight excluding hydrogens is 185 g/mol. The van der Waals surface area contributed by atoms with Crippen molar-refractivity contribution in [3.8, 4) is 0 Å². The summed E-state index contributed by atoms with van der Waals surface area (Å²) in [6.07, 6.45) is 1.51. The van der Waals surface area contributed by atoms with E-state index in [2.05, 4.69) is 0 Å². The quantitative estimate of drug-likeness (QED) is 0.557. The van der Waals surface area contributed by atoms with Gasteiger partial charge in [0.05, 0.1) is 6.61 Å². The molecule has 0 saturated heterocycles. The van der Waals surface area contributed by atoms with Gasteiger partial charge in [-0.25, -0.2) is 0 Å². The molecule has 76 valence electrons. The van der Waals surface area contributed by atoms with Crippen molar-refractivity contribution in [1.82, 2.24) is 4.57 Å². The van der Waals surface area contributed by atoms with E-state index >= 15 is 0 Å². The first kappa shape index (κ1) is 11.0. The van der Waals surface area contributed by atoms with Crippen LogP contribution in [0, 0.1) is 0 Å². The Balaban J connectivity index is 2.85. The Hall–Kier alpha value is -1.11. The zero-order valence-corrected chi connectivity index (χ0v) is 7.88. The summed E-state index contributed by atoms with van der Waals surface area (Å²) >= 11 is 0. The van der Waals surface area contributed by atoms with Crippen LogP contribution in [0.4, 0.5) is 0 Å². The molecule has 0 saturated carbocycles. The first-order chi connectivity index (χ1) is 6.65. The number of nitrogens with zero attached hydrogens (tertiary/aromatic N) is 1. The third-order valence-electron chi connectivity index (χ3n) is 1.85. The van der Waals surface area contributed by atoms with Gasteiger partial charge in [-0.1, -0.05) is 0 Å². The van der Waals surface area contributed by atoms with Crippen molar-refractivity contribution in [3.63, 3.8) is 0 Å². The first-order valence-corrected chi connectivity index (χ1v) is 4.20. The second kappa shape index (κ2) is 4.95. The Morgan fingerprint density at radius 3 is 2.79 bits per heavy atom. The van der Waals surface area contributed by atoms with E-state index in [1.165, 1.54) is 22.9 Å². The molecule has 5 nitrogen and oxygen atoms in total. The van der Waals surface area contributed by atoms with Crippen molar-refractivity contribution in [1.29, 1.82) is 0 Å². The molecule has 2 N–H and O–H groups in total. The summed E-state index contributed by atoms with van der Waals surface area (Å²) in [6.45, 7) is 0.901. The van der Waals surface area contributed by atoms with Crippen molar-refractivity contribution >= 4 is 12.6 Å². The molecule has 1 aromatic rings. The van der Waals surface area contributed by atoms with Crippen LogP contribution in [0.5, 0.6) is 0 Å². The van der Waals surface area contributed by atoms with Gasteiger partial charge in [0.1, 0.15) is 0 Å². The fourth-order valence-electron chi connectivity index (χ4n) is 1.06. The van der Waals surface area contributed by atoms with E-state index in [1.54, 1.807) is 7.11 Å². The van der Waals surface area contributed by atoms with Gasteiger partial charge in [-0.05, 0) is 11.5 Å². The lowest BCUT2D eigenvalue weighted by atomic mass is 9.81. The topological polar surface area (TPSA) is 71.7 Å². The predicted molar refractivity (Wildman–Crippen MR) is 52.4 cm³/mol. The van der Waals surface area contributed by atoms with E-state index < -0.39 is 7.12 Å². The highest BCUT2D eigenvalue weighted by Crippen LogP contribution is 1.82. The number of aromatic nitrogens is 1. The second-order valence-corrected chi connectivity index (χ2v) is 2.86. The van der Waals surface area contributed by atoms with Gasteiger partial charge in [0, 0.05) is 25.9 Å². The van der Waals surface area contributed by atoms with E-state index in [9.17, 15) is 4.79 Å². The molecule has 0 aliphatic rings. The first-order valence-electron chi connectivity index (χ1n) is 4.20. The molecular formula is C8H12BNO4. The molecule has 1 heterocycles. The van der Waals surface area contributed by atoms with Gasteiger partial charge in [-0.3, -0.25) is 4.79 Å². The summed E-state index contributed by atoms with van der Waals surface area (Å²) in [5.41, 5.74) is -0.0729. The van der Waals surface area contributed by atoms with Gasteiger partial charge in [0.15, 0.2) is 0 Å². The summed E-state index contributed by atoms with van der Waals surface area (Å²) in [7, 11) is -0.0450. The van der Waals surface area contributed by atoms with Gasteiger partial charge in [-0.15, -0.1) is 0 Å². The number of ether oxygens (including phenoxy) is 1. The van der Waals surface area contributed by atoms with Crippen LogP contribution in [0.3, 0.4) is 0 Å². The van der Waals surface area contributed by atoms with Crippen molar-refractivity contribution in [3.05, 3.63) is 28.7 Å². The summed E-state index contributed by atoms with van der Waals surface area (Å²) in [5, 5.41) is 17.6. The molecule has 0 atom stereocenters. The van der Waals surface area contributed by atoms with Gasteiger partial charge in [-0.2, -0.15) is 0 Å². The maximum atomic E-state index is 11.3. The highest BCUT2D eigenvalue weighted by atomic mass is 16.5. The molecule has 0 fully saturated rings. The van der Waals surface area contributed by atoms with Crippen molar-refractivity contribution < 1.29 is 14.8 Å². The summed E-state index contributed by atoms with van der Waals surface area (Å²) in [5.74, 6) is 0. The average Bonchev–Trinajstić information content (AvgIpc) is 2.15. The summed E-state index contributed by atoms with van der Waals surface area (Å²) in [4.78, 5) is 11.3. The minimum absolute atomic E-state index is 0.198. The zero-order valence-electron chi connectivity index (χ0n) is 7.88. The van der Waals surface area contributed by atoms with Gasteiger partial charge in [0.25, 0.3) is 0 Å². The van der Waals surface area contributed by atoms with Crippen LogP contribution in [0.1, 0.15) is 0 Å². The predicted octanol–water partition coefficient (Wildman–Crippen LogP) is -1.83. The Morgan fingerprint density at radius 1 is 1.57 bits per heavy atom. The molecule has 0 spiro atoms. The van der Waals surface area contributed by atoms with Crippen molar-refractivity contribution in [2.75, 3.05) is 13.7 Å². The molecule has 1 rings (SSSR count). The van der Waals surface area contributed by atoms with Gasteiger partial charge in [0.2, 0.25) is 5.56 Å². The number of pyridine rings is 1. The van der Waals surface area contributed by atoms with Crippen molar-refractivity contribution in [2.24, 2.45) is 0 Å². The lowest BCUT2D eigenvalue weighted by molar-refractivity contribution is 0.186. The highest BCUT2D eigenvalue weighted by Gasteiger charge is 2.11. The molecule has 0 aromatic carbocycles. The highest BCUT2D eigenvalue weighted by molar-refractivity contribution is 6.58. The summed E-state index contributed by atoms with van der Waals surface area (Å²) in [6, 6.07) is 2.68. The third kappa shape index (κ3) is 2.70. The fraction of sp³-hybridized carbons (Fsp3) is 0.375. The summed E-state index contributed by atoms with van der Waals surface area (Å²) < 4.78 is 6.26. The molecule has 0 aliphatic heterocycles. The van der Waals surface area contributed by atoms with Crippen LogP contribution >= 0.6 is 0 Å². The fourth-order valence-corrected chi connectivity index (χ4v) is 1.06. The van der Waals surface area contributed by atoms with E-state index in [0.717, 1.165) is 0 Å². The zero-order chi connectivity index (χ0) is 10.6. The van der Waals surface area contributed by atoms with Gasteiger partial charge < -0.3 is 19.4 Å². The van der Waals surface area contributed by atoms with E-state index in [0.29, 0.717) is 13.2 Å². The maximum Gasteiger partial charge on any atom is 0.488 e. The number of rotatable bonds is 4. The largest absolute Gasteiger partial charge is 0.488 e. The molecule has 0 bridgehead atoms. The van der Waals surface area contributed by atoms with Crippen LogP contribution in [-0.2, 0) is 11.3 Å². The van der Waals surface area contributed by atoms with Crippen LogP contribution < -0.4 is 11.0 Å². The lowest BCUT2D eigenvalue weighted by Crippen LogP contribution is -2.35. The molecule has 1 aromatic heterocycles. The van der Waals surface area contributed by atoms with Crippen LogP contribution in [0.15, 0.2) is 23.1 Å². The smallest absolute Gasteiger partial charge is 0.423 e. The normalized spacial score (nSPS) is 10.2. The van der Waals surface area contributed by atoms with Crippen LogP contribution in [-0.4, -0.2) is 35.5 Å². The molecule has 0 unspecified atom stereocenters. The van der Waals surface area contributed by atoms with Crippen LogP contribution in [0.25, 0.3) is 0 Å². The van der Waals surface area contributed by atoms with Crippen molar-refractivity contribution in [2.45, 2.75) is 6.54 Å². The second-order valence-electron chi connectivity index (χ2n) is 2.86. The third-order valence-corrected chi connectivity index (χ3v) is 1.85. The maximum absolute atomic E-state index is 11.3. The molecule has 0 amide bonds. The minimum atomic E-state index is -1.60. The Kier molecular flexibility index (Phi) is 3.88. The van der Waals surface area contributed by atoms with Crippen LogP contribution in [0.2, 0.25) is 0 Å². The van der Waals surface area contributed by atoms with E-state index in [-0.39, 0.29) is 11.0 Å². The molecule has 6 heteroatoms. The standard InChI is InChI=1S/C8H12BNO4/c1-14-5-4-10-3-2-7(9(12)13)6-8(10)11/h2-3,6,12-13H,4-5H2,1H3. The number of methoxy groups -OCH3 is 1. The Labute approximate surface area is 81.7 Å². The van der Waals surface area contributed by atoms with Gasteiger partial charge >= 0.3 is 7.12 Å². The SMILES string of the molecule is COCCn1ccc(B(O)O)cc1=O. The lowest BCUT2D eigenvalue weighted by Gasteiger charge is -2.05. The Bertz CT molecular complexity index is 349. The molecule has 0 aliphatic carbocycles.